The molecule has 2 aromatic carbocycles. The fraction of sp³-hybridized carbons (Fsp3) is 0.150. The van der Waals surface area contributed by atoms with E-state index in [4.69, 9.17) is 4.74 Å². The van der Waals surface area contributed by atoms with Gasteiger partial charge < -0.3 is 15.0 Å². The maximum absolute atomic E-state index is 11.8. The molecular weight excluding hydrogens is 346 g/mol. The molecule has 0 saturated heterocycles. The number of benzene rings is 2. The average molecular weight is 363 g/mol. The summed E-state index contributed by atoms with van der Waals surface area (Å²) in [5, 5.41) is 2.99. The van der Waals surface area contributed by atoms with Gasteiger partial charge in [0, 0.05) is 18.5 Å². The third-order valence-electron chi connectivity index (χ3n) is 3.70. The number of carbonyl (C=O) groups is 1. The minimum Gasteiger partial charge on any atom is -0.445 e. The first-order valence-corrected chi connectivity index (χ1v) is 8.31. The summed E-state index contributed by atoms with van der Waals surface area (Å²) < 4.78 is 5.10. The van der Waals surface area contributed by atoms with Gasteiger partial charge >= 0.3 is 11.8 Å². The van der Waals surface area contributed by atoms with E-state index in [1.54, 1.807) is 18.2 Å². The van der Waals surface area contributed by atoms with Crippen LogP contribution in [0.1, 0.15) is 17.5 Å². The number of rotatable bonds is 4. The molecule has 1 amide bonds. The summed E-state index contributed by atoms with van der Waals surface area (Å²) >= 11 is 0. The fourth-order valence-corrected chi connectivity index (χ4v) is 2.41. The van der Waals surface area contributed by atoms with Crippen molar-refractivity contribution in [3.05, 3.63) is 80.5 Å². The molecule has 3 aromatic rings. The molecule has 0 unspecified atom stereocenters. The number of amides is 1. The molecule has 0 fully saturated rings. The molecule has 1 aromatic heterocycles. The monoisotopic (exact) mass is 363 g/mol. The fourth-order valence-electron chi connectivity index (χ4n) is 2.41. The van der Waals surface area contributed by atoms with Crippen molar-refractivity contribution in [2.24, 2.45) is 0 Å². The number of ether oxygens (including phenoxy) is 1. The van der Waals surface area contributed by atoms with Gasteiger partial charge in [0.05, 0.1) is 10.9 Å². The minimum absolute atomic E-state index is 0.214. The second-order valence-corrected chi connectivity index (χ2v) is 5.71. The number of aromatic amines is 2. The highest BCUT2D eigenvalue weighted by molar-refractivity contribution is 5.78. The van der Waals surface area contributed by atoms with Crippen LogP contribution in [0.2, 0.25) is 0 Å². The highest BCUT2D eigenvalue weighted by Gasteiger charge is 2.02. The van der Waals surface area contributed by atoms with E-state index in [9.17, 15) is 14.4 Å². The molecule has 3 N–H and O–H groups in total. The van der Waals surface area contributed by atoms with Gasteiger partial charge in [0.25, 0.3) is 5.56 Å². The molecule has 0 aliphatic rings. The average Bonchev–Trinajstić information content (AvgIpc) is 2.67. The second kappa shape index (κ2) is 8.54. The van der Waals surface area contributed by atoms with Crippen LogP contribution >= 0.6 is 0 Å². The number of hydrogen-bond acceptors (Lipinski definition) is 4. The SMILES string of the molecule is O=C(NCCC#Cc1ccc2[nH]c(=O)[nH]c(=O)c2c1)OCc1ccccc1. The Hall–Kier alpha value is -3.79. The van der Waals surface area contributed by atoms with Crippen molar-refractivity contribution in [3.8, 4) is 11.8 Å². The van der Waals surface area contributed by atoms with Gasteiger partial charge in [-0.25, -0.2) is 9.59 Å². The number of H-pyrrole nitrogens is 2. The lowest BCUT2D eigenvalue weighted by molar-refractivity contribution is 0.140. The van der Waals surface area contributed by atoms with Crippen LogP contribution < -0.4 is 16.6 Å². The Morgan fingerprint density at radius 2 is 1.89 bits per heavy atom. The van der Waals surface area contributed by atoms with Crippen LogP contribution in [-0.2, 0) is 11.3 Å². The summed E-state index contributed by atoms with van der Waals surface area (Å²) in [5.41, 5.74) is 1.01. The van der Waals surface area contributed by atoms with E-state index in [1.165, 1.54) is 0 Å². The lowest BCUT2D eigenvalue weighted by Gasteiger charge is -2.05. The molecule has 0 bridgehead atoms. The predicted molar refractivity (Wildman–Crippen MR) is 101 cm³/mol. The summed E-state index contributed by atoms with van der Waals surface area (Å²) in [6.45, 7) is 0.564. The van der Waals surface area contributed by atoms with E-state index in [-0.39, 0.29) is 6.61 Å². The molecule has 0 aliphatic carbocycles. The standard InChI is InChI=1S/C20H17N3O4/c24-18-16-12-14(9-10-17(16)22-19(25)23-18)6-4-5-11-21-20(26)27-13-15-7-2-1-3-8-15/h1-3,7-10,12H,5,11,13H2,(H,21,26)(H2,22,23,24,25). The van der Waals surface area contributed by atoms with Crippen molar-refractivity contribution in [2.45, 2.75) is 13.0 Å². The number of carbonyl (C=O) groups excluding carboxylic acids is 1. The molecule has 7 heteroatoms. The Balaban J connectivity index is 1.49. The topological polar surface area (TPSA) is 104 Å². The molecule has 0 aliphatic heterocycles. The van der Waals surface area contributed by atoms with Crippen LogP contribution in [0.25, 0.3) is 10.9 Å². The number of fused-ring (bicyclic) bond motifs is 1. The zero-order chi connectivity index (χ0) is 19.1. The van der Waals surface area contributed by atoms with Crippen LogP contribution in [0.3, 0.4) is 0 Å². The zero-order valence-electron chi connectivity index (χ0n) is 14.4. The maximum Gasteiger partial charge on any atom is 0.407 e. The van der Waals surface area contributed by atoms with Crippen molar-refractivity contribution in [3.63, 3.8) is 0 Å². The first-order valence-electron chi connectivity index (χ1n) is 8.31. The number of aromatic nitrogens is 2. The van der Waals surface area contributed by atoms with Gasteiger partial charge in [-0.05, 0) is 23.8 Å². The second-order valence-electron chi connectivity index (χ2n) is 5.71. The van der Waals surface area contributed by atoms with Gasteiger partial charge in [-0.2, -0.15) is 0 Å². The Labute approximate surface area is 154 Å². The summed E-state index contributed by atoms with van der Waals surface area (Å²) in [4.78, 5) is 39.4. The minimum atomic E-state index is -0.545. The van der Waals surface area contributed by atoms with E-state index >= 15 is 0 Å². The molecule has 1 heterocycles. The van der Waals surface area contributed by atoms with Crippen LogP contribution in [0.15, 0.2) is 58.1 Å². The summed E-state index contributed by atoms with van der Waals surface area (Å²) in [6, 6.07) is 14.4. The van der Waals surface area contributed by atoms with Crippen molar-refractivity contribution in [2.75, 3.05) is 6.54 Å². The lowest BCUT2D eigenvalue weighted by Crippen LogP contribution is -2.24. The first-order chi connectivity index (χ1) is 13.1. The first kappa shape index (κ1) is 18.0. The van der Waals surface area contributed by atoms with Gasteiger partial charge in [-0.1, -0.05) is 42.2 Å². The molecule has 0 radical (unpaired) electrons. The molecule has 3 rings (SSSR count). The van der Waals surface area contributed by atoms with Gasteiger partial charge in [0.15, 0.2) is 0 Å². The molecule has 0 atom stereocenters. The smallest absolute Gasteiger partial charge is 0.407 e. The molecule has 27 heavy (non-hydrogen) atoms. The van der Waals surface area contributed by atoms with Crippen LogP contribution in [-0.4, -0.2) is 22.6 Å². The van der Waals surface area contributed by atoms with Crippen molar-refractivity contribution in [1.82, 2.24) is 15.3 Å². The Morgan fingerprint density at radius 3 is 2.70 bits per heavy atom. The van der Waals surface area contributed by atoms with Crippen LogP contribution in [0, 0.1) is 11.8 Å². The normalized spacial score (nSPS) is 10.1. The third-order valence-corrected chi connectivity index (χ3v) is 3.70. The highest BCUT2D eigenvalue weighted by atomic mass is 16.5. The van der Waals surface area contributed by atoms with Gasteiger partial charge in [0.1, 0.15) is 6.61 Å². The predicted octanol–water partition coefficient (Wildman–Crippen LogP) is 1.88. The van der Waals surface area contributed by atoms with Crippen molar-refractivity contribution < 1.29 is 9.53 Å². The van der Waals surface area contributed by atoms with Crippen LogP contribution in [0.5, 0.6) is 0 Å². The number of hydrogen-bond donors (Lipinski definition) is 3. The lowest BCUT2D eigenvalue weighted by atomic mass is 10.1. The molecular formula is C20H17N3O4. The summed E-state index contributed by atoms with van der Waals surface area (Å²) in [5.74, 6) is 5.85. The summed E-state index contributed by atoms with van der Waals surface area (Å²) in [6.07, 6.45) is -0.0673. The van der Waals surface area contributed by atoms with Crippen molar-refractivity contribution >= 4 is 17.0 Å². The zero-order valence-corrected chi connectivity index (χ0v) is 14.4. The van der Waals surface area contributed by atoms with Crippen LogP contribution in [0.4, 0.5) is 4.79 Å². The number of nitrogens with one attached hydrogen (secondary N) is 3. The molecule has 7 nitrogen and oxygen atoms in total. The van der Waals surface area contributed by atoms with Gasteiger partial charge in [-0.15, -0.1) is 0 Å². The Morgan fingerprint density at radius 1 is 1.07 bits per heavy atom. The quantitative estimate of drug-likeness (QED) is 0.486. The Kier molecular flexibility index (Phi) is 5.70. The van der Waals surface area contributed by atoms with Gasteiger partial charge in [-0.3, -0.25) is 9.78 Å². The molecule has 0 saturated carbocycles. The maximum atomic E-state index is 11.8. The largest absolute Gasteiger partial charge is 0.445 e. The third kappa shape index (κ3) is 5.09. The van der Waals surface area contributed by atoms with E-state index < -0.39 is 17.3 Å². The molecule has 136 valence electrons. The Bertz CT molecular complexity index is 1120. The number of alkyl carbamates (subject to hydrolysis) is 1. The van der Waals surface area contributed by atoms with E-state index in [0.29, 0.717) is 29.4 Å². The van der Waals surface area contributed by atoms with E-state index in [1.807, 2.05) is 30.3 Å². The summed E-state index contributed by atoms with van der Waals surface area (Å²) in [7, 11) is 0. The van der Waals surface area contributed by atoms with E-state index in [2.05, 4.69) is 27.1 Å². The van der Waals surface area contributed by atoms with Gasteiger partial charge in [0.2, 0.25) is 0 Å². The highest BCUT2D eigenvalue weighted by Crippen LogP contribution is 2.07. The van der Waals surface area contributed by atoms with Crippen molar-refractivity contribution in [1.29, 1.82) is 0 Å². The van der Waals surface area contributed by atoms with E-state index in [0.717, 1.165) is 5.56 Å². The molecule has 0 spiro atoms.